The van der Waals surface area contributed by atoms with Crippen LogP contribution in [-0.4, -0.2) is 24.3 Å². The molecule has 0 N–H and O–H groups in total. The molecule has 110 valence electrons. The van der Waals surface area contributed by atoms with Crippen molar-refractivity contribution < 1.29 is 4.79 Å². The second-order valence-electron chi connectivity index (χ2n) is 5.02. The summed E-state index contributed by atoms with van der Waals surface area (Å²) < 4.78 is 1.07. The van der Waals surface area contributed by atoms with E-state index in [-0.39, 0.29) is 5.78 Å². The highest BCUT2D eigenvalue weighted by Crippen LogP contribution is 2.17. The first-order chi connectivity index (χ1) is 10.1. The molecule has 0 spiro atoms. The van der Waals surface area contributed by atoms with Crippen LogP contribution >= 0.6 is 27.5 Å². The third-order valence-corrected chi connectivity index (χ3v) is 4.12. The predicted octanol–water partition coefficient (Wildman–Crippen LogP) is 4.81. The van der Waals surface area contributed by atoms with E-state index in [1.165, 1.54) is 5.56 Å². The number of carbonyl (C=O) groups excluding carboxylic acids is 1. The second kappa shape index (κ2) is 7.74. The van der Waals surface area contributed by atoms with Gasteiger partial charge >= 0.3 is 0 Å². The predicted molar refractivity (Wildman–Crippen MR) is 90.9 cm³/mol. The number of halogens is 2. The van der Waals surface area contributed by atoms with Gasteiger partial charge in [0.1, 0.15) is 0 Å². The first kappa shape index (κ1) is 16.2. The van der Waals surface area contributed by atoms with Crippen LogP contribution in [0.5, 0.6) is 0 Å². The van der Waals surface area contributed by atoms with E-state index in [1.54, 1.807) is 12.1 Å². The third-order valence-electron chi connectivity index (χ3n) is 3.26. The van der Waals surface area contributed by atoms with Crippen molar-refractivity contribution in [2.75, 3.05) is 13.6 Å². The Labute approximate surface area is 138 Å². The molecule has 0 saturated heterocycles. The van der Waals surface area contributed by atoms with Crippen LogP contribution in [0.1, 0.15) is 22.3 Å². The summed E-state index contributed by atoms with van der Waals surface area (Å²) in [6, 6.07) is 15.4. The highest BCUT2D eigenvalue weighted by atomic mass is 79.9. The summed E-state index contributed by atoms with van der Waals surface area (Å²) in [5, 5.41) is 0.526. The quantitative estimate of drug-likeness (QED) is 0.684. The van der Waals surface area contributed by atoms with E-state index < -0.39 is 0 Å². The fourth-order valence-corrected chi connectivity index (χ4v) is 2.60. The molecule has 0 radical (unpaired) electrons. The van der Waals surface area contributed by atoms with Gasteiger partial charge in [-0.1, -0.05) is 51.8 Å². The van der Waals surface area contributed by atoms with Crippen molar-refractivity contribution in [1.29, 1.82) is 0 Å². The van der Waals surface area contributed by atoms with Crippen molar-refractivity contribution in [3.05, 3.63) is 69.2 Å². The summed E-state index contributed by atoms with van der Waals surface area (Å²) in [6.45, 7) is 1.53. The minimum Gasteiger partial charge on any atom is -0.302 e. The maximum atomic E-state index is 12.1. The summed E-state index contributed by atoms with van der Waals surface area (Å²) in [7, 11) is 2.02. The fourth-order valence-electron chi connectivity index (χ4n) is 2.09. The smallest absolute Gasteiger partial charge is 0.165 e. The molecule has 0 atom stereocenters. The van der Waals surface area contributed by atoms with Crippen molar-refractivity contribution in [3.63, 3.8) is 0 Å². The van der Waals surface area contributed by atoms with E-state index in [4.69, 9.17) is 11.6 Å². The average molecular weight is 367 g/mol. The number of hydrogen-bond donors (Lipinski definition) is 0. The van der Waals surface area contributed by atoms with Crippen LogP contribution in [0.3, 0.4) is 0 Å². The van der Waals surface area contributed by atoms with Gasteiger partial charge in [0.25, 0.3) is 0 Å². The van der Waals surface area contributed by atoms with E-state index in [9.17, 15) is 4.79 Å². The van der Waals surface area contributed by atoms with Crippen molar-refractivity contribution in [2.45, 2.75) is 13.0 Å². The Morgan fingerprint density at radius 1 is 1.14 bits per heavy atom. The molecule has 0 unspecified atom stereocenters. The van der Waals surface area contributed by atoms with Crippen LogP contribution in [-0.2, 0) is 6.54 Å². The largest absolute Gasteiger partial charge is 0.302 e. The molecule has 0 fully saturated rings. The van der Waals surface area contributed by atoms with Gasteiger partial charge in [0.15, 0.2) is 5.78 Å². The van der Waals surface area contributed by atoms with Crippen LogP contribution in [0.15, 0.2) is 53.0 Å². The summed E-state index contributed by atoms with van der Waals surface area (Å²) in [4.78, 5) is 14.3. The SMILES string of the molecule is CN(CCC(=O)c1ccccc1Cl)Cc1ccc(Br)cc1. The molecule has 0 aliphatic rings. The van der Waals surface area contributed by atoms with Gasteiger partial charge in [-0.2, -0.15) is 0 Å². The van der Waals surface area contributed by atoms with Crippen LogP contribution in [0.25, 0.3) is 0 Å². The molecule has 0 bridgehead atoms. The molecule has 2 rings (SSSR count). The Bertz CT molecular complexity index is 612. The Morgan fingerprint density at radius 2 is 1.81 bits per heavy atom. The summed E-state index contributed by atoms with van der Waals surface area (Å²) in [5.74, 6) is 0.0863. The highest BCUT2D eigenvalue weighted by molar-refractivity contribution is 9.10. The molecular weight excluding hydrogens is 350 g/mol. The van der Waals surface area contributed by atoms with Crippen molar-refractivity contribution in [1.82, 2.24) is 4.90 Å². The molecule has 4 heteroatoms. The Kier molecular flexibility index (Phi) is 5.97. The maximum Gasteiger partial charge on any atom is 0.165 e. The van der Waals surface area contributed by atoms with E-state index in [0.717, 1.165) is 11.0 Å². The number of carbonyl (C=O) groups is 1. The van der Waals surface area contributed by atoms with Crippen molar-refractivity contribution in [2.24, 2.45) is 0 Å². The zero-order chi connectivity index (χ0) is 15.2. The lowest BCUT2D eigenvalue weighted by molar-refractivity contribution is 0.0968. The van der Waals surface area contributed by atoms with E-state index in [1.807, 2.05) is 31.3 Å². The van der Waals surface area contributed by atoms with Gasteiger partial charge in [0.05, 0.1) is 5.02 Å². The molecular formula is C17H17BrClNO. The molecule has 2 aromatic rings. The molecule has 2 nitrogen and oxygen atoms in total. The van der Waals surface area contributed by atoms with Crippen molar-refractivity contribution in [3.8, 4) is 0 Å². The molecule has 0 amide bonds. The molecule has 21 heavy (non-hydrogen) atoms. The number of nitrogens with zero attached hydrogens (tertiary/aromatic N) is 1. The van der Waals surface area contributed by atoms with Gasteiger partial charge < -0.3 is 4.90 Å². The Balaban J connectivity index is 1.86. The lowest BCUT2D eigenvalue weighted by atomic mass is 10.1. The van der Waals surface area contributed by atoms with E-state index in [2.05, 4.69) is 33.0 Å². The van der Waals surface area contributed by atoms with Gasteiger partial charge in [-0.15, -0.1) is 0 Å². The first-order valence-corrected chi connectivity index (χ1v) is 7.94. The summed E-state index contributed by atoms with van der Waals surface area (Å²) in [6.07, 6.45) is 0.469. The topological polar surface area (TPSA) is 20.3 Å². The molecule has 0 heterocycles. The van der Waals surface area contributed by atoms with Gasteiger partial charge in [-0.3, -0.25) is 4.79 Å². The monoisotopic (exact) mass is 365 g/mol. The van der Waals surface area contributed by atoms with Gasteiger partial charge in [-0.25, -0.2) is 0 Å². The van der Waals surface area contributed by atoms with Gasteiger partial charge in [0, 0.05) is 29.5 Å². The van der Waals surface area contributed by atoms with E-state index >= 15 is 0 Å². The molecule has 2 aromatic carbocycles. The number of Topliss-reactive ketones (excluding diaryl/α,β-unsaturated/α-hetero) is 1. The standard InChI is InChI=1S/C17H17BrClNO/c1-20(12-13-6-8-14(18)9-7-13)11-10-17(21)15-4-2-3-5-16(15)19/h2-9H,10-12H2,1H3. The zero-order valence-corrected chi connectivity index (χ0v) is 14.2. The number of benzene rings is 2. The molecule has 0 aliphatic carbocycles. The fraction of sp³-hybridized carbons (Fsp3) is 0.235. The van der Waals surface area contributed by atoms with Crippen LogP contribution in [0.2, 0.25) is 5.02 Å². The Hall–Kier alpha value is -1.16. The van der Waals surface area contributed by atoms with Crippen LogP contribution in [0, 0.1) is 0 Å². The second-order valence-corrected chi connectivity index (χ2v) is 6.34. The summed E-state index contributed by atoms with van der Waals surface area (Å²) in [5.41, 5.74) is 1.84. The van der Waals surface area contributed by atoms with Crippen LogP contribution < -0.4 is 0 Å². The maximum absolute atomic E-state index is 12.1. The molecule has 0 aromatic heterocycles. The first-order valence-electron chi connectivity index (χ1n) is 6.77. The number of hydrogen-bond acceptors (Lipinski definition) is 2. The Morgan fingerprint density at radius 3 is 2.48 bits per heavy atom. The zero-order valence-electron chi connectivity index (χ0n) is 11.9. The summed E-state index contributed by atoms with van der Waals surface area (Å²) >= 11 is 9.46. The lowest BCUT2D eigenvalue weighted by Gasteiger charge is -2.16. The highest BCUT2D eigenvalue weighted by Gasteiger charge is 2.10. The number of ketones is 1. The average Bonchev–Trinajstić information content (AvgIpc) is 2.48. The van der Waals surface area contributed by atoms with Crippen molar-refractivity contribution >= 4 is 33.3 Å². The van der Waals surface area contributed by atoms with Gasteiger partial charge in [0.2, 0.25) is 0 Å². The molecule has 0 aliphatic heterocycles. The normalized spacial score (nSPS) is 10.9. The minimum absolute atomic E-state index is 0.0863. The number of rotatable bonds is 6. The van der Waals surface area contributed by atoms with Crippen LogP contribution in [0.4, 0.5) is 0 Å². The van der Waals surface area contributed by atoms with Gasteiger partial charge in [-0.05, 0) is 36.9 Å². The lowest BCUT2D eigenvalue weighted by Crippen LogP contribution is -2.21. The third kappa shape index (κ3) is 4.95. The van der Waals surface area contributed by atoms with E-state index in [0.29, 0.717) is 23.6 Å². The molecule has 0 saturated carbocycles. The minimum atomic E-state index is 0.0863.